The van der Waals surface area contributed by atoms with Crippen LogP contribution in [0.5, 0.6) is 0 Å². The van der Waals surface area contributed by atoms with Crippen LogP contribution in [0, 0.1) is 5.82 Å². The Bertz CT molecular complexity index is 1080. The molecule has 1 saturated carbocycles. The molecule has 1 aliphatic carbocycles. The van der Waals surface area contributed by atoms with Crippen molar-refractivity contribution >= 4 is 39.2 Å². The normalized spacial score (nSPS) is 15.7. The molecule has 1 fully saturated rings. The zero-order valence-electron chi connectivity index (χ0n) is 16.8. The number of nitrogens with one attached hydrogen (secondary N) is 2. The molecule has 166 valence electrons. The van der Waals surface area contributed by atoms with E-state index in [0.717, 1.165) is 37.5 Å². The Morgan fingerprint density at radius 2 is 1.71 bits per heavy atom. The van der Waals surface area contributed by atoms with Crippen LogP contribution in [0.25, 0.3) is 0 Å². The van der Waals surface area contributed by atoms with Gasteiger partial charge < -0.3 is 10.1 Å². The molecule has 31 heavy (non-hydrogen) atoms. The van der Waals surface area contributed by atoms with E-state index in [2.05, 4.69) is 10.0 Å². The lowest BCUT2D eigenvalue weighted by atomic mass is 9.81. The quantitative estimate of drug-likeness (QED) is 0.626. The molecule has 0 aliphatic heterocycles. The predicted molar refractivity (Wildman–Crippen MR) is 114 cm³/mol. The molecular formula is C21H22ClFN2O5S. The largest absolute Gasteiger partial charge is 0.467 e. The lowest BCUT2D eigenvalue weighted by Crippen LogP contribution is -2.56. The SMILES string of the molecule is COC(=O)C1(NC(=O)c2ccc(NS(=O)(=O)c3ccc(F)c(Cl)c3)cc2)CCCCC1. The first-order chi connectivity index (χ1) is 14.7. The minimum atomic E-state index is -4.00. The Morgan fingerprint density at radius 1 is 1.06 bits per heavy atom. The molecule has 7 nitrogen and oxygen atoms in total. The van der Waals surface area contributed by atoms with Crippen LogP contribution in [-0.2, 0) is 19.6 Å². The number of hydrogen-bond acceptors (Lipinski definition) is 5. The van der Waals surface area contributed by atoms with E-state index < -0.39 is 33.3 Å². The summed E-state index contributed by atoms with van der Waals surface area (Å²) in [5.74, 6) is -1.64. The number of sulfonamides is 1. The van der Waals surface area contributed by atoms with Gasteiger partial charge in [-0.15, -0.1) is 0 Å². The fraction of sp³-hybridized carbons (Fsp3) is 0.333. The first-order valence-corrected chi connectivity index (χ1v) is 11.5. The van der Waals surface area contributed by atoms with Crippen molar-refractivity contribution in [3.8, 4) is 0 Å². The van der Waals surface area contributed by atoms with E-state index in [1.54, 1.807) is 0 Å². The molecule has 0 bridgehead atoms. The van der Waals surface area contributed by atoms with Gasteiger partial charge in [0.2, 0.25) is 0 Å². The van der Waals surface area contributed by atoms with Crippen LogP contribution in [0.4, 0.5) is 10.1 Å². The molecule has 0 heterocycles. The van der Waals surface area contributed by atoms with E-state index >= 15 is 0 Å². The average molecular weight is 469 g/mol. The zero-order valence-corrected chi connectivity index (χ0v) is 18.4. The Morgan fingerprint density at radius 3 is 2.29 bits per heavy atom. The molecule has 3 rings (SSSR count). The van der Waals surface area contributed by atoms with E-state index in [1.165, 1.54) is 31.4 Å². The van der Waals surface area contributed by atoms with Gasteiger partial charge in [0.25, 0.3) is 15.9 Å². The monoisotopic (exact) mass is 468 g/mol. The molecule has 2 N–H and O–H groups in total. The third kappa shape index (κ3) is 5.16. The molecule has 0 radical (unpaired) electrons. The van der Waals surface area contributed by atoms with Gasteiger partial charge in [0.05, 0.1) is 17.0 Å². The highest BCUT2D eigenvalue weighted by Crippen LogP contribution is 2.30. The summed E-state index contributed by atoms with van der Waals surface area (Å²) >= 11 is 5.66. The minimum absolute atomic E-state index is 0.196. The number of carbonyl (C=O) groups is 2. The van der Waals surface area contributed by atoms with Gasteiger partial charge in [-0.2, -0.15) is 0 Å². The summed E-state index contributed by atoms with van der Waals surface area (Å²) < 4.78 is 45.5. The number of rotatable bonds is 6. The molecular weight excluding hydrogens is 447 g/mol. The van der Waals surface area contributed by atoms with Crippen LogP contribution >= 0.6 is 11.6 Å². The summed E-state index contributed by atoms with van der Waals surface area (Å²) in [6.07, 6.45) is 3.61. The minimum Gasteiger partial charge on any atom is -0.467 e. The van der Waals surface area contributed by atoms with Gasteiger partial charge >= 0.3 is 5.97 Å². The third-order valence-corrected chi connectivity index (χ3v) is 6.91. The lowest BCUT2D eigenvalue weighted by Gasteiger charge is -2.35. The van der Waals surface area contributed by atoms with E-state index in [-0.39, 0.29) is 21.2 Å². The van der Waals surface area contributed by atoms with Crippen LogP contribution < -0.4 is 10.0 Å². The van der Waals surface area contributed by atoms with E-state index in [1.807, 2.05) is 0 Å². The number of carbonyl (C=O) groups excluding carboxylic acids is 2. The number of ether oxygens (including phenoxy) is 1. The highest BCUT2D eigenvalue weighted by Gasteiger charge is 2.42. The van der Waals surface area contributed by atoms with Gasteiger partial charge in [-0.25, -0.2) is 17.6 Å². The Labute approximate surface area is 185 Å². The molecule has 0 aromatic heterocycles. The molecule has 0 unspecified atom stereocenters. The van der Waals surface area contributed by atoms with Crippen molar-refractivity contribution in [2.45, 2.75) is 42.5 Å². The second-order valence-electron chi connectivity index (χ2n) is 7.35. The summed E-state index contributed by atoms with van der Waals surface area (Å²) in [5, 5.41) is 2.49. The number of amides is 1. The molecule has 2 aromatic rings. The number of anilines is 1. The second kappa shape index (κ2) is 9.23. The topological polar surface area (TPSA) is 102 Å². The number of halogens is 2. The zero-order chi connectivity index (χ0) is 22.6. The van der Waals surface area contributed by atoms with Crippen LogP contribution in [0.3, 0.4) is 0 Å². The molecule has 1 amide bonds. The van der Waals surface area contributed by atoms with E-state index in [0.29, 0.717) is 12.8 Å². The van der Waals surface area contributed by atoms with Crippen molar-refractivity contribution in [2.75, 3.05) is 11.8 Å². The number of hydrogen-bond donors (Lipinski definition) is 2. The maximum absolute atomic E-state index is 13.3. The van der Waals surface area contributed by atoms with Crippen LogP contribution in [0.1, 0.15) is 42.5 Å². The smallest absolute Gasteiger partial charge is 0.331 e. The summed E-state index contributed by atoms with van der Waals surface area (Å²) in [6.45, 7) is 0. The molecule has 1 aliphatic rings. The van der Waals surface area contributed by atoms with Gasteiger partial charge in [-0.05, 0) is 55.3 Å². The molecule has 0 spiro atoms. The van der Waals surface area contributed by atoms with Crippen molar-refractivity contribution in [3.05, 3.63) is 58.9 Å². The summed E-state index contributed by atoms with van der Waals surface area (Å²) in [4.78, 5) is 24.8. The van der Waals surface area contributed by atoms with Gasteiger partial charge in [0, 0.05) is 11.3 Å². The lowest BCUT2D eigenvalue weighted by molar-refractivity contribution is -0.149. The number of esters is 1. The second-order valence-corrected chi connectivity index (χ2v) is 9.44. The Hall–Kier alpha value is -2.65. The van der Waals surface area contributed by atoms with Crippen LogP contribution in [-0.4, -0.2) is 32.9 Å². The average Bonchev–Trinajstić information content (AvgIpc) is 2.75. The predicted octanol–water partition coefficient (Wildman–Crippen LogP) is 3.89. The van der Waals surface area contributed by atoms with Gasteiger partial charge in [-0.1, -0.05) is 30.9 Å². The molecule has 2 aromatic carbocycles. The fourth-order valence-corrected chi connectivity index (χ4v) is 4.90. The summed E-state index contributed by atoms with van der Waals surface area (Å²) in [5.41, 5.74) is -0.578. The molecule has 10 heteroatoms. The van der Waals surface area contributed by atoms with Crippen molar-refractivity contribution in [1.29, 1.82) is 0 Å². The highest BCUT2D eigenvalue weighted by molar-refractivity contribution is 7.92. The fourth-order valence-electron chi connectivity index (χ4n) is 3.57. The number of benzene rings is 2. The summed E-state index contributed by atoms with van der Waals surface area (Å²) in [7, 11) is -2.70. The summed E-state index contributed by atoms with van der Waals surface area (Å²) in [6, 6.07) is 8.80. The van der Waals surface area contributed by atoms with E-state index in [9.17, 15) is 22.4 Å². The van der Waals surface area contributed by atoms with Crippen molar-refractivity contribution in [2.24, 2.45) is 0 Å². The van der Waals surface area contributed by atoms with Crippen molar-refractivity contribution in [1.82, 2.24) is 5.32 Å². The Balaban J connectivity index is 1.74. The first kappa shape index (κ1) is 23.0. The first-order valence-electron chi connectivity index (χ1n) is 9.66. The van der Waals surface area contributed by atoms with Crippen LogP contribution in [0.15, 0.2) is 47.4 Å². The standard InChI is InChI=1S/C21H22ClFN2O5S/c1-30-20(27)21(11-3-2-4-12-21)24-19(26)14-5-7-15(8-6-14)25-31(28,29)16-9-10-18(23)17(22)13-16/h5-10,13,25H,2-4,11-12H2,1H3,(H,24,26). The van der Waals surface area contributed by atoms with E-state index in [4.69, 9.17) is 16.3 Å². The molecule has 0 saturated heterocycles. The van der Waals surface area contributed by atoms with Gasteiger partial charge in [-0.3, -0.25) is 9.52 Å². The number of methoxy groups -OCH3 is 1. The van der Waals surface area contributed by atoms with Gasteiger partial charge in [0.1, 0.15) is 11.4 Å². The molecule has 0 atom stereocenters. The maximum Gasteiger partial charge on any atom is 0.331 e. The van der Waals surface area contributed by atoms with Crippen molar-refractivity contribution in [3.63, 3.8) is 0 Å². The highest BCUT2D eigenvalue weighted by atomic mass is 35.5. The maximum atomic E-state index is 13.3. The van der Waals surface area contributed by atoms with Crippen molar-refractivity contribution < 1.29 is 27.1 Å². The van der Waals surface area contributed by atoms with Crippen LogP contribution in [0.2, 0.25) is 5.02 Å². The van der Waals surface area contributed by atoms with Gasteiger partial charge in [0.15, 0.2) is 0 Å². The Kier molecular flexibility index (Phi) is 6.86. The third-order valence-electron chi connectivity index (χ3n) is 5.24.